The molecule has 1 heterocycles. The van der Waals surface area contributed by atoms with Crippen molar-refractivity contribution in [2.75, 3.05) is 32.7 Å². The van der Waals surface area contributed by atoms with Gasteiger partial charge in [0.05, 0.1) is 5.25 Å². The summed E-state index contributed by atoms with van der Waals surface area (Å²) in [6.45, 7) is 6.76. The Morgan fingerprint density at radius 1 is 1.29 bits per heavy atom. The van der Waals surface area contributed by atoms with Crippen molar-refractivity contribution in [2.45, 2.75) is 36.4 Å². The first kappa shape index (κ1) is 23.5. The first-order valence-electron chi connectivity index (χ1n) is 9.55. The third-order valence-corrected chi connectivity index (χ3v) is 7.71. The van der Waals surface area contributed by atoms with E-state index in [1.165, 1.54) is 12.1 Å². The molecule has 1 saturated heterocycles. The predicted octanol–water partition coefficient (Wildman–Crippen LogP) is 2.53. The summed E-state index contributed by atoms with van der Waals surface area (Å²) in [5, 5.41) is 2.50. The molecule has 1 aromatic carbocycles. The standard InChI is InChI=1S/C19H29FIN3O3S/c1-14(2)28(26,27)23-5-8-24-6-3-15(4-7-24)13-22-19(25)17-9-16(12-21)10-18(20)11-17/h9-11,14-15,23H,3-8,12-13H2,1-2H3,(H,22,25). The fourth-order valence-electron chi connectivity index (χ4n) is 3.12. The summed E-state index contributed by atoms with van der Waals surface area (Å²) in [7, 11) is -3.21. The van der Waals surface area contributed by atoms with Crippen LogP contribution in [0, 0.1) is 11.7 Å². The first-order valence-corrected chi connectivity index (χ1v) is 12.6. The molecule has 2 rings (SSSR count). The highest BCUT2D eigenvalue weighted by Gasteiger charge is 2.21. The number of hydrogen-bond acceptors (Lipinski definition) is 4. The second-order valence-corrected chi connectivity index (χ2v) is 10.5. The van der Waals surface area contributed by atoms with Crippen LogP contribution in [0.2, 0.25) is 0 Å². The molecule has 0 spiro atoms. The van der Waals surface area contributed by atoms with Gasteiger partial charge in [0.25, 0.3) is 5.91 Å². The molecule has 1 aliphatic heterocycles. The smallest absolute Gasteiger partial charge is 0.251 e. The summed E-state index contributed by atoms with van der Waals surface area (Å²) in [6, 6.07) is 4.44. The molecule has 9 heteroatoms. The highest BCUT2D eigenvalue weighted by atomic mass is 127. The molecule has 1 aliphatic rings. The summed E-state index contributed by atoms with van der Waals surface area (Å²) in [4.78, 5) is 14.5. The summed E-state index contributed by atoms with van der Waals surface area (Å²) < 4.78 is 40.4. The van der Waals surface area contributed by atoms with Crippen molar-refractivity contribution in [2.24, 2.45) is 5.92 Å². The highest BCUT2D eigenvalue weighted by Crippen LogP contribution is 2.17. The zero-order valence-corrected chi connectivity index (χ0v) is 19.4. The zero-order valence-electron chi connectivity index (χ0n) is 16.4. The Labute approximate surface area is 180 Å². The van der Waals surface area contributed by atoms with Gasteiger partial charge < -0.3 is 10.2 Å². The number of halogens is 2. The third kappa shape index (κ3) is 7.23. The van der Waals surface area contributed by atoms with Crippen LogP contribution in [0.25, 0.3) is 0 Å². The van der Waals surface area contributed by atoms with Gasteiger partial charge in [0, 0.05) is 29.6 Å². The zero-order chi connectivity index (χ0) is 20.7. The number of piperidine rings is 1. The Hall–Kier alpha value is -0.780. The van der Waals surface area contributed by atoms with Crippen LogP contribution in [0.5, 0.6) is 0 Å². The molecule has 0 unspecified atom stereocenters. The highest BCUT2D eigenvalue weighted by molar-refractivity contribution is 14.1. The Morgan fingerprint density at radius 2 is 1.96 bits per heavy atom. The lowest BCUT2D eigenvalue weighted by Gasteiger charge is -2.32. The van der Waals surface area contributed by atoms with E-state index in [1.54, 1.807) is 19.9 Å². The van der Waals surface area contributed by atoms with E-state index in [0.717, 1.165) is 31.5 Å². The van der Waals surface area contributed by atoms with Crippen molar-refractivity contribution in [3.8, 4) is 0 Å². The molecule has 28 heavy (non-hydrogen) atoms. The van der Waals surface area contributed by atoms with Crippen molar-refractivity contribution in [1.82, 2.24) is 14.9 Å². The van der Waals surface area contributed by atoms with E-state index >= 15 is 0 Å². The molecule has 2 N–H and O–H groups in total. The maximum atomic E-state index is 13.6. The van der Waals surface area contributed by atoms with Crippen LogP contribution in [0.4, 0.5) is 4.39 Å². The molecule has 0 atom stereocenters. The van der Waals surface area contributed by atoms with Crippen molar-refractivity contribution < 1.29 is 17.6 Å². The second-order valence-electron chi connectivity index (χ2n) is 7.46. The minimum absolute atomic E-state index is 0.240. The van der Waals surface area contributed by atoms with Gasteiger partial charge in [-0.1, -0.05) is 22.6 Å². The molecular formula is C19H29FIN3O3S. The Balaban J connectivity index is 1.71. The van der Waals surface area contributed by atoms with Crippen molar-refractivity contribution in [3.63, 3.8) is 0 Å². The number of rotatable bonds is 9. The Bertz CT molecular complexity index is 766. The molecule has 0 aliphatic carbocycles. The van der Waals surface area contributed by atoms with Crippen LogP contribution in [0.15, 0.2) is 18.2 Å². The number of nitrogens with zero attached hydrogens (tertiary/aromatic N) is 1. The van der Waals surface area contributed by atoms with Crippen LogP contribution in [-0.4, -0.2) is 57.2 Å². The van der Waals surface area contributed by atoms with E-state index in [1.807, 2.05) is 0 Å². The molecule has 0 saturated carbocycles. The van der Waals surface area contributed by atoms with E-state index in [2.05, 4.69) is 37.5 Å². The molecule has 0 bridgehead atoms. The van der Waals surface area contributed by atoms with Crippen LogP contribution in [0.1, 0.15) is 42.6 Å². The maximum Gasteiger partial charge on any atom is 0.251 e. The lowest BCUT2D eigenvalue weighted by atomic mass is 9.96. The van der Waals surface area contributed by atoms with E-state index in [0.29, 0.717) is 35.5 Å². The average molecular weight is 525 g/mol. The minimum Gasteiger partial charge on any atom is -0.352 e. The quantitative estimate of drug-likeness (QED) is 0.384. The van der Waals surface area contributed by atoms with Gasteiger partial charge in [0.2, 0.25) is 10.0 Å². The molecule has 158 valence electrons. The van der Waals surface area contributed by atoms with Gasteiger partial charge in [-0.2, -0.15) is 0 Å². The van der Waals surface area contributed by atoms with Gasteiger partial charge >= 0.3 is 0 Å². The van der Waals surface area contributed by atoms with Gasteiger partial charge in [0.15, 0.2) is 0 Å². The number of benzene rings is 1. The Morgan fingerprint density at radius 3 is 2.57 bits per heavy atom. The number of carbonyl (C=O) groups is 1. The number of carbonyl (C=O) groups excluding carboxylic acids is 1. The van der Waals surface area contributed by atoms with Crippen LogP contribution >= 0.6 is 22.6 Å². The topological polar surface area (TPSA) is 78.5 Å². The monoisotopic (exact) mass is 525 g/mol. The third-order valence-electron chi connectivity index (χ3n) is 4.98. The van der Waals surface area contributed by atoms with Crippen LogP contribution < -0.4 is 10.0 Å². The molecule has 0 radical (unpaired) electrons. The summed E-state index contributed by atoms with van der Waals surface area (Å²) in [5.74, 6) is -0.248. The van der Waals surface area contributed by atoms with Crippen LogP contribution in [-0.2, 0) is 14.5 Å². The molecule has 1 amide bonds. The van der Waals surface area contributed by atoms with Gasteiger partial charge in [-0.3, -0.25) is 4.79 Å². The van der Waals surface area contributed by atoms with Crippen molar-refractivity contribution >= 4 is 38.5 Å². The largest absolute Gasteiger partial charge is 0.352 e. The number of hydrogen-bond donors (Lipinski definition) is 2. The number of alkyl halides is 1. The normalized spacial score (nSPS) is 16.5. The molecular weight excluding hydrogens is 496 g/mol. The van der Waals surface area contributed by atoms with Gasteiger partial charge in [-0.15, -0.1) is 0 Å². The number of nitrogens with one attached hydrogen (secondary N) is 2. The van der Waals surface area contributed by atoms with Gasteiger partial charge in [-0.05, 0) is 69.5 Å². The van der Waals surface area contributed by atoms with E-state index in [4.69, 9.17) is 0 Å². The SMILES string of the molecule is CC(C)S(=O)(=O)NCCN1CCC(CNC(=O)c2cc(F)cc(CI)c2)CC1. The summed E-state index contributed by atoms with van der Waals surface area (Å²) in [5.41, 5.74) is 1.16. The fourth-order valence-corrected chi connectivity index (χ4v) is 4.27. The molecule has 1 aromatic rings. The molecule has 1 fully saturated rings. The maximum absolute atomic E-state index is 13.6. The van der Waals surface area contributed by atoms with E-state index in [-0.39, 0.29) is 11.7 Å². The molecule has 6 nitrogen and oxygen atoms in total. The lowest BCUT2D eigenvalue weighted by Crippen LogP contribution is -2.42. The van der Waals surface area contributed by atoms with Gasteiger partial charge in [0.1, 0.15) is 5.82 Å². The van der Waals surface area contributed by atoms with Crippen LogP contribution in [0.3, 0.4) is 0 Å². The van der Waals surface area contributed by atoms with Crippen molar-refractivity contribution in [3.05, 3.63) is 35.1 Å². The number of amides is 1. The Kier molecular flexibility index (Phi) is 9.10. The van der Waals surface area contributed by atoms with E-state index in [9.17, 15) is 17.6 Å². The number of sulfonamides is 1. The van der Waals surface area contributed by atoms with Crippen molar-refractivity contribution in [1.29, 1.82) is 0 Å². The predicted molar refractivity (Wildman–Crippen MR) is 118 cm³/mol. The minimum atomic E-state index is -3.21. The lowest BCUT2D eigenvalue weighted by molar-refractivity contribution is 0.0936. The molecule has 0 aromatic heterocycles. The summed E-state index contributed by atoms with van der Waals surface area (Å²) >= 11 is 2.14. The van der Waals surface area contributed by atoms with E-state index < -0.39 is 15.3 Å². The first-order chi connectivity index (χ1) is 13.2. The average Bonchev–Trinajstić information content (AvgIpc) is 2.66. The fraction of sp³-hybridized carbons (Fsp3) is 0.632. The second kappa shape index (κ2) is 10.8. The van der Waals surface area contributed by atoms with Gasteiger partial charge in [-0.25, -0.2) is 17.5 Å². The number of likely N-dealkylation sites (tertiary alicyclic amines) is 1. The summed E-state index contributed by atoms with van der Waals surface area (Å²) in [6.07, 6.45) is 1.89.